The summed E-state index contributed by atoms with van der Waals surface area (Å²) in [5.74, 6) is 0.259. The zero-order valence-electron chi connectivity index (χ0n) is 27.9. The van der Waals surface area contributed by atoms with Gasteiger partial charge in [0.05, 0.1) is 17.1 Å². The van der Waals surface area contributed by atoms with Crippen LogP contribution >= 0.6 is 22.6 Å². The van der Waals surface area contributed by atoms with Crippen molar-refractivity contribution in [2.24, 2.45) is 0 Å². The van der Waals surface area contributed by atoms with E-state index in [1.807, 2.05) is 4.93 Å². The number of benzene rings is 6. The summed E-state index contributed by atoms with van der Waals surface area (Å²) in [5.41, 5.74) is 15.8. The molecule has 0 fully saturated rings. The van der Waals surface area contributed by atoms with Gasteiger partial charge in [-0.05, 0) is 98.5 Å². The normalized spacial score (nSPS) is 18.2. The van der Waals surface area contributed by atoms with E-state index in [1.54, 1.807) is 0 Å². The van der Waals surface area contributed by atoms with Crippen molar-refractivity contribution >= 4 is 61.3 Å². The third kappa shape index (κ3) is 4.51. The molecule has 3 heteroatoms. The average molecular weight is 745 g/mol. The van der Waals surface area contributed by atoms with Crippen LogP contribution in [0.4, 0.5) is 11.4 Å². The van der Waals surface area contributed by atoms with Crippen LogP contribution in [0.3, 0.4) is 0 Å². The van der Waals surface area contributed by atoms with Crippen LogP contribution in [0, 0.1) is 0 Å². The zero-order valence-corrected chi connectivity index (χ0v) is 30.1. The Labute approximate surface area is 302 Å². The highest BCUT2D eigenvalue weighted by atomic mass is 127. The third-order valence-corrected chi connectivity index (χ3v) is 10.9. The summed E-state index contributed by atoms with van der Waals surface area (Å²) in [4.78, 5) is 4.54. The zero-order chi connectivity index (χ0) is 33.3. The lowest BCUT2D eigenvalue weighted by Crippen LogP contribution is -2.31. The van der Waals surface area contributed by atoms with E-state index in [9.17, 15) is 0 Å². The lowest BCUT2D eigenvalue weighted by molar-refractivity contribution is 0.639. The molecule has 2 atom stereocenters. The van der Waals surface area contributed by atoms with Gasteiger partial charge in [-0.25, -0.2) is 0 Å². The van der Waals surface area contributed by atoms with Gasteiger partial charge >= 0.3 is 0 Å². The van der Waals surface area contributed by atoms with Crippen LogP contribution in [0.15, 0.2) is 163 Å². The number of nitrogens with zero attached hydrogens (tertiary/aromatic N) is 2. The molecule has 6 aromatic carbocycles. The van der Waals surface area contributed by atoms with Crippen LogP contribution in [-0.2, 0) is 5.41 Å². The van der Waals surface area contributed by atoms with E-state index in [1.165, 1.54) is 77.8 Å². The van der Waals surface area contributed by atoms with Gasteiger partial charge in [-0.15, -0.1) is 0 Å². The fourth-order valence-corrected chi connectivity index (χ4v) is 8.72. The lowest BCUT2D eigenvalue weighted by atomic mass is 9.77. The van der Waals surface area contributed by atoms with Gasteiger partial charge in [0.2, 0.25) is 0 Å². The Morgan fingerprint density at radius 3 is 2.00 bits per heavy atom. The van der Waals surface area contributed by atoms with Gasteiger partial charge in [-0.1, -0.05) is 140 Å². The van der Waals surface area contributed by atoms with Crippen LogP contribution in [0.25, 0.3) is 44.2 Å². The largest absolute Gasteiger partial charge is 0.333 e. The highest BCUT2D eigenvalue weighted by molar-refractivity contribution is 14.1. The van der Waals surface area contributed by atoms with E-state index in [2.05, 4.69) is 204 Å². The topological polar surface area (TPSA) is 8.17 Å². The summed E-state index contributed by atoms with van der Waals surface area (Å²) >= 11 is 2.15. The first-order chi connectivity index (χ1) is 24.1. The molecule has 0 radical (unpaired) electrons. The summed E-state index contributed by atoms with van der Waals surface area (Å²) < 4.78 is 2.39. The Morgan fingerprint density at radius 1 is 0.571 bits per heavy atom. The van der Waals surface area contributed by atoms with Crippen molar-refractivity contribution in [3.8, 4) is 16.8 Å². The maximum Gasteiger partial charge on any atom is 0.0632 e. The Balaban J connectivity index is 0.00000160. The number of anilines is 2. The number of rotatable bonds is 3. The van der Waals surface area contributed by atoms with E-state index in [4.69, 9.17) is 0 Å². The summed E-state index contributed by atoms with van der Waals surface area (Å²) in [5, 5.41) is 2.56. The number of para-hydroxylation sites is 3. The van der Waals surface area contributed by atoms with Gasteiger partial charge in [0.15, 0.2) is 0 Å². The number of allylic oxidation sites excluding steroid dienone is 2. The molecule has 0 amide bonds. The molecule has 0 N–H and O–H groups in total. The number of alkyl halides is 1. The second-order valence-corrected chi connectivity index (χ2v) is 13.7. The van der Waals surface area contributed by atoms with E-state index in [0.29, 0.717) is 0 Å². The molecular formula is C46H37IN2. The number of aromatic nitrogens is 1. The summed E-state index contributed by atoms with van der Waals surface area (Å²) in [7, 11) is 0. The molecule has 0 bridgehead atoms. The van der Waals surface area contributed by atoms with E-state index in [0.717, 1.165) is 0 Å². The van der Waals surface area contributed by atoms with Crippen LogP contribution in [0.5, 0.6) is 0 Å². The molecule has 2 unspecified atom stereocenters. The maximum absolute atomic E-state index is 2.58. The molecule has 1 aliphatic heterocycles. The smallest absolute Gasteiger partial charge is 0.0632 e. The second-order valence-electron chi connectivity index (χ2n) is 13.7. The molecule has 49 heavy (non-hydrogen) atoms. The molecule has 1 aromatic heterocycles. The highest BCUT2D eigenvalue weighted by Gasteiger charge is 2.46. The lowest BCUT2D eigenvalue weighted by Gasteiger charge is -2.33. The van der Waals surface area contributed by atoms with Gasteiger partial charge in [-0.3, -0.25) is 0 Å². The van der Waals surface area contributed by atoms with Crippen molar-refractivity contribution in [2.45, 2.75) is 31.2 Å². The Kier molecular flexibility index (Phi) is 7.17. The Bertz CT molecular complexity index is 2450. The van der Waals surface area contributed by atoms with Crippen molar-refractivity contribution in [1.82, 2.24) is 4.57 Å². The molecule has 238 valence electrons. The fraction of sp³-hybridized carbons (Fsp3) is 0.130. The number of hydrogen-bond acceptors (Lipinski definition) is 1. The van der Waals surface area contributed by atoms with Crippen molar-refractivity contribution in [1.29, 1.82) is 0 Å². The molecule has 7 aromatic rings. The first-order valence-corrected chi connectivity index (χ1v) is 19.2. The predicted molar refractivity (Wildman–Crippen MR) is 217 cm³/mol. The minimum absolute atomic E-state index is 0.0238. The molecule has 0 spiro atoms. The molecular weight excluding hydrogens is 707 g/mol. The minimum Gasteiger partial charge on any atom is -0.333 e. The minimum atomic E-state index is -0.0238. The average Bonchev–Trinajstić information content (AvgIpc) is 3.75. The Hall–Kier alpha value is -4.87. The van der Waals surface area contributed by atoms with Gasteiger partial charge in [0, 0.05) is 39.2 Å². The van der Waals surface area contributed by atoms with Crippen LogP contribution in [-0.4, -0.2) is 15.5 Å². The number of fused-ring (bicyclic) bond motifs is 9. The van der Waals surface area contributed by atoms with Gasteiger partial charge < -0.3 is 9.47 Å². The fourth-order valence-electron chi connectivity index (χ4n) is 8.72. The van der Waals surface area contributed by atoms with Crippen LogP contribution in [0.1, 0.15) is 36.5 Å². The molecule has 2 nitrogen and oxygen atoms in total. The van der Waals surface area contributed by atoms with Crippen molar-refractivity contribution < 1.29 is 0 Å². The molecule has 2 heterocycles. The van der Waals surface area contributed by atoms with Gasteiger partial charge in [0.1, 0.15) is 0 Å². The van der Waals surface area contributed by atoms with E-state index in [-0.39, 0.29) is 17.4 Å². The van der Waals surface area contributed by atoms with Crippen molar-refractivity contribution in [2.75, 3.05) is 9.83 Å². The maximum atomic E-state index is 2.58. The summed E-state index contributed by atoms with van der Waals surface area (Å²) in [6, 6.07) is 53.8. The molecule has 10 rings (SSSR count). The van der Waals surface area contributed by atoms with Crippen molar-refractivity contribution in [3.63, 3.8) is 0 Å². The first-order valence-electron chi connectivity index (χ1n) is 17.1. The predicted octanol–water partition coefficient (Wildman–Crippen LogP) is 12.4. The van der Waals surface area contributed by atoms with E-state index < -0.39 is 0 Å². The standard InChI is InChI=1S/C45H34N2.CH3I/c1-45(2)39-19-11-9-17-33(39)35-27-38-37-26-30(22-24-43(37)47(44(38)28-40(35)45)32-15-7-4-8-16-32)29-21-23-42-36(25-29)34-18-10-12-20-41(34)46(42)31-13-5-3-6-14-31;1-2/h3-28,38,44H,1-2H3;1H3. The van der Waals surface area contributed by atoms with Gasteiger partial charge in [0.25, 0.3) is 0 Å². The monoisotopic (exact) mass is 744 g/mol. The molecule has 2 aliphatic carbocycles. The Morgan fingerprint density at radius 2 is 1.20 bits per heavy atom. The third-order valence-electron chi connectivity index (χ3n) is 10.9. The van der Waals surface area contributed by atoms with E-state index >= 15 is 0 Å². The van der Waals surface area contributed by atoms with Crippen LogP contribution in [0.2, 0.25) is 0 Å². The van der Waals surface area contributed by atoms with Gasteiger partial charge in [-0.2, -0.15) is 0 Å². The van der Waals surface area contributed by atoms with Crippen LogP contribution < -0.4 is 4.90 Å². The second kappa shape index (κ2) is 11.6. The number of halogens is 1. The number of hydrogen-bond donors (Lipinski definition) is 0. The molecule has 0 saturated heterocycles. The molecule has 3 aliphatic rings. The highest BCUT2D eigenvalue weighted by Crippen LogP contribution is 2.57. The quantitative estimate of drug-likeness (QED) is 0.129. The summed E-state index contributed by atoms with van der Waals surface area (Å²) in [6.07, 6.45) is 5.16. The van der Waals surface area contributed by atoms with Crippen molar-refractivity contribution in [3.05, 3.63) is 180 Å². The molecule has 0 saturated carbocycles. The first kappa shape index (κ1) is 30.2. The summed E-state index contributed by atoms with van der Waals surface area (Å²) in [6.45, 7) is 4.77. The SMILES string of the molecule is CC1(C)C2=CC3C(C=C2c2ccccc21)c1cc(-c2ccc4c(c2)c2ccccc2n4-c2ccccc2)ccc1N3c1ccccc1.CI.